The Bertz CT molecular complexity index is 485. The minimum absolute atomic E-state index is 0.0425. The first-order valence-corrected chi connectivity index (χ1v) is 5.88. The first-order chi connectivity index (χ1) is 9.02. The molecule has 0 spiro atoms. The van der Waals surface area contributed by atoms with Gasteiger partial charge in [0.15, 0.2) is 5.78 Å². The van der Waals surface area contributed by atoms with Crippen molar-refractivity contribution in [2.75, 3.05) is 11.9 Å². The first-order valence-electron chi connectivity index (χ1n) is 5.88. The number of carbonyl (C=O) groups is 3. The zero-order valence-corrected chi connectivity index (χ0v) is 10.4. The summed E-state index contributed by atoms with van der Waals surface area (Å²) >= 11 is 0. The number of anilines is 1. The minimum Gasteiger partial charge on any atom is -0.481 e. The Hall–Kier alpha value is -2.21. The number of rotatable bonds is 7. The van der Waals surface area contributed by atoms with Crippen LogP contribution in [0.2, 0.25) is 0 Å². The van der Waals surface area contributed by atoms with Gasteiger partial charge >= 0.3 is 5.97 Å². The van der Waals surface area contributed by atoms with Crippen LogP contribution in [0.3, 0.4) is 0 Å². The molecular formula is C13H16N2O4. The molecule has 0 radical (unpaired) electrons. The van der Waals surface area contributed by atoms with E-state index in [0.717, 1.165) is 0 Å². The largest absolute Gasteiger partial charge is 0.481 e. The summed E-state index contributed by atoms with van der Waals surface area (Å²) in [6.45, 7) is -0.0873. The van der Waals surface area contributed by atoms with Gasteiger partial charge in [-0.05, 0) is 18.6 Å². The third-order valence-electron chi connectivity index (χ3n) is 2.45. The van der Waals surface area contributed by atoms with Crippen LogP contribution < -0.4 is 11.1 Å². The van der Waals surface area contributed by atoms with E-state index in [2.05, 4.69) is 5.32 Å². The number of amides is 1. The molecule has 1 aromatic carbocycles. The van der Waals surface area contributed by atoms with Crippen LogP contribution in [-0.2, 0) is 9.59 Å². The summed E-state index contributed by atoms with van der Waals surface area (Å²) in [6, 6.07) is 6.47. The number of aliphatic carboxylic acids is 1. The lowest BCUT2D eigenvalue weighted by atomic mass is 10.1. The number of hydrogen-bond acceptors (Lipinski definition) is 4. The highest BCUT2D eigenvalue weighted by molar-refractivity contribution is 5.99. The van der Waals surface area contributed by atoms with E-state index in [1.165, 1.54) is 0 Å². The summed E-state index contributed by atoms with van der Waals surface area (Å²) in [5.74, 6) is -1.41. The first kappa shape index (κ1) is 14.8. The maximum atomic E-state index is 11.5. The summed E-state index contributed by atoms with van der Waals surface area (Å²) in [6.07, 6.45) is 0.364. The number of hydrogen-bond donors (Lipinski definition) is 3. The van der Waals surface area contributed by atoms with E-state index in [9.17, 15) is 14.4 Å². The standard InChI is InChI=1S/C13H16N2O4/c14-8-11(16)9-3-1-4-10(7-9)15-12(17)5-2-6-13(18)19/h1,3-4,7H,2,5-6,8,14H2,(H,15,17)(H,18,19). The lowest BCUT2D eigenvalue weighted by Gasteiger charge is -2.06. The minimum atomic E-state index is -0.927. The SMILES string of the molecule is NCC(=O)c1cccc(NC(=O)CCCC(=O)O)c1. The Kier molecular flexibility index (Phi) is 5.69. The molecule has 0 aliphatic carbocycles. The highest BCUT2D eigenvalue weighted by Crippen LogP contribution is 2.12. The smallest absolute Gasteiger partial charge is 0.303 e. The second-order valence-electron chi connectivity index (χ2n) is 4.00. The lowest BCUT2D eigenvalue weighted by Crippen LogP contribution is -2.15. The van der Waals surface area contributed by atoms with Gasteiger partial charge in [0.25, 0.3) is 0 Å². The summed E-state index contributed by atoms with van der Waals surface area (Å²) in [4.78, 5) is 33.2. The number of Topliss-reactive ketones (excluding diaryl/α,β-unsaturated/α-hetero) is 1. The molecule has 0 aliphatic heterocycles. The van der Waals surface area contributed by atoms with E-state index in [-0.39, 0.29) is 37.5 Å². The van der Waals surface area contributed by atoms with Crippen molar-refractivity contribution in [2.24, 2.45) is 5.73 Å². The second kappa shape index (κ2) is 7.27. The molecule has 0 aliphatic rings. The van der Waals surface area contributed by atoms with Gasteiger partial charge in [-0.2, -0.15) is 0 Å². The van der Waals surface area contributed by atoms with E-state index in [0.29, 0.717) is 11.3 Å². The van der Waals surface area contributed by atoms with Crippen molar-refractivity contribution in [1.82, 2.24) is 0 Å². The summed E-state index contributed by atoms with van der Waals surface area (Å²) in [5.41, 5.74) is 6.19. The zero-order valence-electron chi connectivity index (χ0n) is 10.4. The Labute approximate surface area is 110 Å². The van der Waals surface area contributed by atoms with Crippen molar-refractivity contribution < 1.29 is 19.5 Å². The molecule has 4 N–H and O–H groups in total. The Balaban J connectivity index is 2.54. The maximum Gasteiger partial charge on any atom is 0.303 e. The van der Waals surface area contributed by atoms with Crippen molar-refractivity contribution in [1.29, 1.82) is 0 Å². The van der Waals surface area contributed by atoms with Gasteiger partial charge in [-0.1, -0.05) is 12.1 Å². The van der Waals surface area contributed by atoms with Crippen LogP contribution in [0.1, 0.15) is 29.6 Å². The van der Waals surface area contributed by atoms with Crippen molar-refractivity contribution in [3.8, 4) is 0 Å². The molecule has 0 saturated heterocycles. The molecule has 102 valence electrons. The Morgan fingerprint density at radius 2 is 1.95 bits per heavy atom. The van der Waals surface area contributed by atoms with Gasteiger partial charge in [-0.3, -0.25) is 14.4 Å². The third-order valence-corrected chi connectivity index (χ3v) is 2.45. The van der Waals surface area contributed by atoms with Crippen molar-refractivity contribution in [2.45, 2.75) is 19.3 Å². The van der Waals surface area contributed by atoms with Crippen molar-refractivity contribution in [3.05, 3.63) is 29.8 Å². The fraction of sp³-hybridized carbons (Fsp3) is 0.308. The van der Waals surface area contributed by atoms with Crippen LogP contribution in [0.25, 0.3) is 0 Å². The van der Waals surface area contributed by atoms with E-state index in [1.807, 2.05) is 0 Å². The van der Waals surface area contributed by atoms with Crippen molar-refractivity contribution in [3.63, 3.8) is 0 Å². The maximum absolute atomic E-state index is 11.5. The van der Waals surface area contributed by atoms with E-state index in [1.54, 1.807) is 24.3 Å². The molecule has 0 fully saturated rings. The third kappa shape index (κ3) is 5.31. The molecule has 0 atom stereocenters. The van der Waals surface area contributed by atoms with E-state index >= 15 is 0 Å². The number of benzene rings is 1. The van der Waals surface area contributed by atoms with Crippen LogP contribution in [-0.4, -0.2) is 29.3 Å². The van der Waals surface area contributed by atoms with Crippen LogP contribution >= 0.6 is 0 Å². The van der Waals surface area contributed by atoms with E-state index < -0.39 is 5.97 Å². The van der Waals surface area contributed by atoms with Gasteiger partial charge in [0.05, 0.1) is 6.54 Å². The van der Waals surface area contributed by atoms with Gasteiger partial charge in [0.1, 0.15) is 0 Å². The number of ketones is 1. The van der Waals surface area contributed by atoms with Crippen LogP contribution in [0.4, 0.5) is 5.69 Å². The van der Waals surface area contributed by atoms with Crippen LogP contribution in [0.15, 0.2) is 24.3 Å². The monoisotopic (exact) mass is 264 g/mol. The molecule has 0 heterocycles. The summed E-state index contributed by atoms with van der Waals surface area (Å²) < 4.78 is 0. The molecular weight excluding hydrogens is 248 g/mol. The van der Waals surface area contributed by atoms with Gasteiger partial charge in [0.2, 0.25) is 5.91 Å². The molecule has 1 aromatic rings. The van der Waals surface area contributed by atoms with Gasteiger partial charge in [0, 0.05) is 24.1 Å². The molecule has 19 heavy (non-hydrogen) atoms. The number of carboxylic acids is 1. The molecule has 0 saturated carbocycles. The van der Waals surface area contributed by atoms with Crippen LogP contribution in [0.5, 0.6) is 0 Å². The highest BCUT2D eigenvalue weighted by atomic mass is 16.4. The average molecular weight is 264 g/mol. The fourth-order valence-corrected chi connectivity index (χ4v) is 1.51. The molecule has 6 nitrogen and oxygen atoms in total. The predicted octanol–water partition coefficient (Wildman–Crippen LogP) is 1.02. The summed E-state index contributed by atoms with van der Waals surface area (Å²) in [5, 5.41) is 11.1. The normalized spacial score (nSPS) is 9.95. The lowest BCUT2D eigenvalue weighted by molar-refractivity contribution is -0.137. The van der Waals surface area contributed by atoms with Gasteiger partial charge in [-0.25, -0.2) is 0 Å². The number of nitrogens with one attached hydrogen (secondary N) is 1. The molecule has 0 unspecified atom stereocenters. The van der Waals surface area contributed by atoms with Gasteiger partial charge < -0.3 is 16.2 Å². The molecule has 0 aromatic heterocycles. The highest BCUT2D eigenvalue weighted by Gasteiger charge is 2.07. The second-order valence-corrected chi connectivity index (χ2v) is 4.00. The number of carbonyl (C=O) groups excluding carboxylic acids is 2. The average Bonchev–Trinajstić information content (AvgIpc) is 2.37. The molecule has 1 rings (SSSR count). The Morgan fingerprint density at radius 3 is 2.58 bits per heavy atom. The molecule has 6 heteroatoms. The number of nitrogens with two attached hydrogens (primary N) is 1. The van der Waals surface area contributed by atoms with Crippen LogP contribution in [0, 0.1) is 0 Å². The summed E-state index contributed by atoms with van der Waals surface area (Å²) in [7, 11) is 0. The number of carboxylic acid groups (broad SMARTS) is 1. The molecule has 1 amide bonds. The molecule has 0 bridgehead atoms. The van der Waals surface area contributed by atoms with E-state index in [4.69, 9.17) is 10.8 Å². The fourth-order valence-electron chi connectivity index (χ4n) is 1.51. The zero-order chi connectivity index (χ0) is 14.3. The van der Waals surface area contributed by atoms with Crippen molar-refractivity contribution >= 4 is 23.3 Å². The Morgan fingerprint density at radius 1 is 1.21 bits per heavy atom. The van der Waals surface area contributed by atoms with Gasteiger partial charge in [-0.15, -0.1) is 0 Å². The predicted molar refractivity (Wildman–Crippen MR) is 69.9 cm³/mol. The topological polar surface area (TPSA) is 109 Å². The quantitative estimate of drug-likeness (QED) is 0.637.